The van der Waals surface area contributed by atoms with Crippen molar-refractivity contribution in [1.82, 2.24) is 20.3 Å². The molecule has 0 aliphatic carbocycles. The standard InChI is InChI=1S/C41H35BrClN5O6/c1-16(2)29-38-46-31-34(54-38)41-22-9-5-8-21(20-7-6-10-24-27(20)28(36(43)44-24)33-35(42)48-39(31)53-33)30(22)47-40(41)52-26-12-11-18(14-23(26)41)13-19(37(51)45-29)15-25(49)32(50)17(3)4/h5-12,14,16-17,19,29,32,40,44,47,50H,13,15H2,1-4H3,(H,45,51)/t19-,29+,32+,40+,41?/m1/s1. The number of aromatic amines is 1. The summed E-state index contributed by atoms with van der Waals surface area (Å²) in [6, 6.07) is 17.4. The number of anilines is 1. The van der Waals surface area contributed by atoms with Gasteiger partial charge in [0, 0.05) is 45.6 Å². The molecule has 7 heterocycles. The van der Waals surface area contributed by atoms with Gasteiger partial charge in [-0.2, -0.15) is 0 Å². The van der Waals surface area contributed by atoms with E-state index in [0.717, 1.165) is 44.4 Å². The number of aliphatic hydroxyl groups excluding tert-OH is 1. The van der Waals surface area contributed by atoms with Gasteiger partial charge in [-0.3, -0.25) is 9.59 Å². The van der Waals surface area contributed by atoms with Crippen LogP contribution in [0.2, 0.25) is 5.15 Å². The number of rotatable bonds is 5. The summed E-state index contributed by atoms with van der Waals surface area (Å²) < 4.78 is 21.0. The van der Waals surface area contributed by atoms with Crippen LogP contribution in [-0.4, -0.2) is 44.1 Å². The van der Waals surface area contributed by atoms with Gasteiger partial charge in [-0.05, 0) is 57.4 Å². The van der Waals surface area contributed by atoms with Crippen molar-refractivity contribution in [3.63, 3.8) is 0 Å². The summed E-state index contributed by atoms with van der Waals surface area (Å²) in [5.41, 5.74) is 6.03. The van der Waals surface area contributed by atoms with Crippen LogP contribution in [0.15, 0.2) is 68.0 Å². The van der Waals surface area contributed by atoms with Gasteiger partial charge >= 0.3 is 0 Å². The van der Waals surface area contributed by atoms with Crippen molar-refractivity contribution in [2.24, 2.45) is 17.8 Å². The molecular weight excluding hydrogens is 774 g/mol. The third kappa shape index (κ3) is 4.56. The number of carbonyl (C=O) groups is 2. The monoisotopic (exact) mass is 807 g/mol. The van der Waals surface area contributed by atoms with Crippen LogP contribution < -0.4 is 15.4 Å². The lowest BCUT2D eigenvalue weighted by Gasteiger charge is -2.28. The predicted octanol–water partition coefficient (Wildman–Crippen LogP) is 8.31. The largest absolute Gasteiger partial charge is 0.469 e. The number of amides is 1. The number of ether oxygens (including phenoxy) is 1. The fourth-order valence-electron chi connectivity index (χ4n) is 8.81. The average molecular weight is 809 g/mol. The number of hydrogen-bond acceptors (Lipinski definition) is 9. The van der Waals surface area contributed by atoms with Crippen molar-refractivity contribution in [1.29, 1.82) is 0 Å². The number of ketones is 1. The fraction of sp³-hybridized carbons (Fsp3) is 0.317. The topological polar surface area (TPSA) is 156 Å². The molecule has 0 radical (unpaired) electrons. The van der Waals surface area contributed by atoms with Gasteiger partial charge in [0.15, 0.2) is 33.8 Å². The number of Topliss-reactive ketones (excluding diaryl/α,β-unsaturated/α-hetero) is 1. The minimum absolute atomic E-state index is 0.130. The van der Waals surface area contributed by atoms with Crippen molar-refractivity contribution < 1.29 is 28.3 Å². The Morgan fingerprint density at radius 3 is 2.63 bits per heavy atom. The normalized spacial score (nSPS) is 22.3. The molecule has 0 saturated heterocycles. The van der Waals surface area contributed by atoms with Crippen LogP contribution in [0.25, 0.3) is 44.9 Å². The van der Waals surface area contributed by atoms with Crippen molar-refractivity contribution in [2.75, 3.05) is 5.32 Å². The highest BCUT2D eigenvalue weighted by atomic mass is 79.9. The average Bonchev–Trinajstić information content (AvgIpc) is 3.94. The van der Waals surface area contributed by atoms with Crippen LogP contribution in [0.1, 0.15) is 68.5 Å². The van der Waals surface area contributed by atoms with Gasteiger partial charge in [0.1, 0.15) is 28.5 Å². The summed E-state index contributed by atoms with van der Waals surface area (Å²) >= 11 is 10.6. The molecule has 6 aromatic rings. The summed E-state index contributed by atoms with van der Waals surface area (Å²) in [6.45, 7) is 7.52. The summed E-state index contributed by atoms with van der Waals surface area (Å²) in [7, 11) is 0. The van der Waals surface area contributed by atoms with Crippen molar-refractivity contribution >= 4 is 55.8 Å². The second-order valence-electron chi connectivity index (χ2n) is 15.4. The van der Waals surface area contributed by atoms with Crippen LogP contribution >= 0.6 is 27.5 Å². The minimum atomic E-state index is -1.18. The molecule has 5 atom stereocenters. The maximum Gasteiger partial charge on any atom is 0.250 e. The first-order valence-electron chi connectivity index (χ1n) is 18.2. The summed E-state index contributed by atoms with van der Waals surface area (Å²) in [5.74, 6) is 0.0311. The molecule has 274 valence electrons. The number of fused-ring (bicyclic) bond motifs is 7. The molecule has 54 heavy (non-hydrogen) atoms. The molecule has 1 spiro atoms. The van der Waals surface area contributed by atoms with E-state index >= 15 is 0 Å². The number of benzene rings is 3. The highest BCUT2D eigenvalue weighted by molar-refractivity contribution is 9.10. The third-order valence-electron chi connectivity index (χ3n) is 11.4. The molecule has 4 N–H and O–H groups in total. The first-order chi connectivity index (χ1) is 25.9. The number of H-pyrrole nitrogens is 1. The number of nitrogens with zero attached hydrogens (tertiary/aromatic N) is 2. The quantitative estimate of drug-likeness (QED) is 0.135. The molecule has 3 aromatic carbocycles. The molecule has 4 aliphatic rings. The van der Waals surface area contributed by atoms with E-state index in [1.807, 2.05) is 50.2 Å². The number of hydrogen-bond donors (Lipinski definition) is 4. The SMILES string of the molecule is CC(C)[C@H](O)C(=O)C[C@H]1Cc2ccc3c(c2)C24c5cccc(c5N[C@H]2O3)-c2cccc3[nH]c(Cl)c(c23)-c2oc(nc2Br)-c2nc(oc24)[C@H](C(C)C)NC1=O. The number of oxazole rings is 2. The summed E-state index contributed by atoms with van der Waals surface area (Å²) in [6.07, 6.45) is -1.72. The Hall–Kier alpha value is -4.91. The molecule has 1 unspecified atom stereocenters. The lowest BCUT2D eigenvalue weighted by molar-refractivity contribution is -0.135. The lowest BCUT2D eigenvalue weighted by Crippen LogP contribution is -2.41. The zero-order valence-corrected chi connectivity index (χ0v) is 32.1. The van der Waals surface area contributed by atoms with Crippen LogP contribution in [-0.2, 0) is 21.4 Å². The Labute approximate surface area is 323 Å². The maximum absolute atomic E-state index is 14.3. The third-order valence-corrected chi connectivity index (χ3v) is 12.3. The second kappa shape index (κ2) is 11.8. The Balaban J connectivity index is 1.30. The maximum atomic E-state index is 14.3. The van der Waals surface area contributed by atoms with E-state index in [-0.39, 0.29) is 48.1 Å². The van der Waals surface area contributed by atoms with Crippen LogP contribution in [0.4, 0.5) is 5.69 Å². The van der Waals surface area contributed by atoms with Gasteiger partial charge in [0.25, 0.3) is 5.89 Å². The van der Waals surface area contributed by atoms with Gasteiger partial charge in [-0.1, -0.05) is 81.8 Å². The molecule has 10 rings (SSSR count). The molecule has 0 fully saturated rings. The second-order valence-corrected chi connectivity index (χ2v) is 16.5. The van der Waals surface area contributed by atoms with E-state index in [4.69, 9.17) is 35.1 Å². The highest BCUT2D eigenvalue weighted by Crippen LogP contribution is 2.62. The zero-order chi connectivity index (χ0) is 37.4. The van der Waals surface area contributed by atoms with E-state index in [9.17, 15) is 14.7 Å². The van der Waals surface area contributed by atoms with Crippen molar-refractivity contribution in [2.45, 2.75) is 64.3 Å². The van der Waals surface area contributed by atoms with E-state index in [2.05, 4.69) is 49.7 Å². The van der Waals surface area contributed by atoms with Gasteiger partial charge in [0.05, 0.1) is 5.56 Å². The van der Waals surface area contributed by atoms with E-state index in [1.165, 1.54) is 0 Å². The van der Waals surface area contributed by atoms with Crippen molar-refractivity contribution in [3.8, 4) is 39.8 Å². The number of nitrogens with one attached hydrogen (secondary N) is 3. The smallest absolute Gasteiger partial charge is 0.250 e. The first-order valence-corrected chi connectivity index (χ1v) is 19.3. The van der Waals surface area contributed by atoms with Gasteiger partial charge < -0.3 is 34.3 Å². The van der Waals surface area contributed by atoms with Crippen LogP contribution in [0, 0.1) is 17.8 Å². The Morgan fingerprint density at radius 2 is 1.83 bits per heavy atom. The number of para-hydroxylation sites is 1. The summed E-state index contributed by atoms with van der Waals surface area (Å²) in [5, 5.41) is 18.9. The Kier molecular flexibility index (Phi) is 7.35. The van der Waals surface area contributed by atoms with E-state index in [1.54, 1.807) is 13.8 Å². The number of aromatic nitrogens is 3. The Morgan fingerprint density at radius 1 is 1.04 bits per heavy atom. The highest BCUT2D eigenvalue weighted by Gasteiger charge is 2.61. The number of carbonyl (C=O) groups excluding carboxylic acids is 2. The number of halogens is 2. The predicted molar refractivity (Wildman–Crippen MR) is 205 cm³/mol. The first kappa shape index (κ1) is 33.6. The number of aliphatic hydroxyl groups is 1. The van der Waals surface area contributed by atoms with E-state index in [0.29, 0.717) is 38.3 Å². The van der Waals surface area contributed by atoms with E-state index < -0.39 is 29.7 Å². The Bertz CT molecular complexity index is 2590. The minimum Gasteiger partial charge on any atom is -0.469 e. The molecule has 13 heteroatoms. The molecule has 11 nitrogen and oxygen atoms in total. The summed E-state index contributed by atoms with van der Waals surface area (Å²) in [4.78, 5) is 41.0. The van der Waals surface area contributed by atoms with Gasteiger partial charge in [-0.15, -0.1) is 0 Å². The van der Waals surface area contributed by atoms with Crippen LogP contribution in [0.5, 0.6) is 5.75 Å². The molecule has 0 saturated carbocycles. The van der Waals surface area contributed by atoms with Crippen LogP contribution in [0.3, 0.4) is 0 Å². The molecule has 3 aromatic heterocycles. The molecule has 1 amide bonds. The molecule has 10 bridgehead atoms. The zero-order valence-electron chi connectivity index (χ0n) is 29.7. The molecular formula is C41H35BrClN5O6. The van der Waals surface area contributed by atoms with Crippen molar-refractivity contribution in [3.05, 3.63) is 92.7 Å². The van der Waals surface area contributed by atoms with Gasteiger partial charge in [0.2, 0.25) is 11.8 Å². The molecule has 4 aliphatic heterocycles. The lowest BCUT2D eigenvalue weighted by atomic mass is 9.72. The van der Waals surface area contributed by atoms with Gasteiger partial charge in [-0.25, -0.2) is 9.97 Å². The fourth-order valence-corrected chi connectivity index (χ4v) is 9.53.